The first-order valence-electron chi connectivity index (χ1n) is 8.28. The molecule has 9 heteroatoms. The molecular formula is C17H18N6O2S. The SMILES string of the molecule is N#Cc1c(N)nc(N)nc1-c1cc([N+](=O)[O-])ccc1SC1CCCCC1. The van der Waals surface area contributed by atoms with E-state index in [4.69, 9.17) is 11.5 Å². The van der Waals surface area contributed by atoms with E-state index in [0.29, 0.717) is 10.8 Å². The van der Waals surface area contributed by atoms with Crippen molar-refractivity contribution in [1.29, 1.82) is 5.26 Å². The normalized spacial score (nSPS) is 14.7. The quantitative estimate of drug-likeness (QED) is 0.614. The zero-order chi connectivity index (χ0) is 18.7. The van der Waals surface area contributed by atoms with Gasteiger partial charge < -0.3 is 11.5 Å². The molecule has 1 aromatic carbocycles. The Morgan fingerprint density at radius 2 is 1.96 bits per heavy atom. The van der Waals surface area contributed by atoms with Crippen LogP contribution in [0.15, 0.2) is 23.1 Å². The lowest BCUT2D eigenvalue weighted by Gasteiger charge is -2.22. The lowest BCUT2D eigenvalue weighted by atomic mass is 10.0. The molecule has 0 radical (unpaired) electrons. The van der Waals surface area contributed by atoms with Crippen LogP contribution in [0.4, 0.5) is 17.5 Å². The van der Waals surface area contributed by atoms with Gasteiger partial charge in [0.05, 0.1) is 10.6 Å². The molecule has 1 aliphatic rings. The summed E-state index contributed by atoms with van der Waals surface area (Å²) in [5.74, 6) is -0.105. The van der Waals surface area contributed by atoms with Gasteiger partial charge in [0.25, 0.3) is 5.69 Å². The molecule has 2 aromatic rings. The van der Waals surface area contributed by atoms with Crippen molar-refractivity contribution in [3.63, 3.8) is 0 Å². The number of nitrogens with zero attached hydrogens (tertiary/aromatic N) is 4. The smallest absolute Gasteiger partial charge is 0.270 e. The summed E-state index contributed by atoms with van der Waals surface area (Å²) in [5.41, 5.74) is 12.2. The number of non-ortho nitro benzene ring substituents is 1. The molecule has 0 spiro atoms. The standard InChI is InChI=1S/C17H18N6O2S/c18-9-13-15(21-17(20)22-16(13)19)12-8-10(23(24)25)6-7-14(12)26-11-4-2-1-3-5-11/h6-8,11H,1-5H2,(H4,19,20,21,22). The van der Waals surface area contributed by atoms with E-state index in [1.54, 1.807) is 17.8 Å². The van der Waals surface area contributed by atoms with E-state index < -0.39 is 4.92 Å². The molecule has 1 fully saturated rings. The zero-order valence-corrected chi connectivity index (χ0v) is 14.8. The van der Waals surface area contributed by atoms with Gasteiger partial charge >= 0.3 is 0 Å². The third-order valence-electron chi connectivity index (χ3n) is 4.34. The number of nitrogen functional groups attached to an aromatic ring is 2. The largest absolute Gasteiger partial charge is 0.382 e. The first kappa shape index (κ1) is 17.9. The topological polar surface area (TPSA) is 145 Å². The molecule has 8 nitrogen and oxygen atoms in total. The number of nitrogens with two attached hydrogens (primary N) is 2. The van der Waals surface area contributed by atoms with Crippen molar-refractivity contribution in [1.82, 2.24) is 9.97 Å². The van der Waals surface area contributed by atoms with E-state index in [1.807, 2.05) is 6.07 Å². The number of nitriles is 1. The van der Waals surface area contributed by atoms with Crippen molar-refractivity contribution < 1.29 is 4.92 Å². The number of nitro benzene ring substituents is 1. The molecule has 1 heterocycles. The number of hydrogen-bond acceptors (Lipinski definition) is 8. The molecule has 134 valence electrons. The summed E-state index contributed by atoms with van der Waals surface area (Å²) in [6, 6.07) is 6.59. The average Bonchev–Trinajstić information content (AvgIpc) is 2.62. The highest BCUT2D eigenvalue weighted by molar-refractivity contribution is 8.00. The number of thioether (sulfide) groups is 1. The van der Waals surface area contributed by atoms with Crippen LogP contribution in [0.5, 0.6) is 0 Å². The highest BCUT2D eigenvalue weighted by Crippen LogP contribution is 2.41. The van der Waals surface area contributed by atoms with Gasteiger partial charge in [-0.3, -0.25) is 10.1 Å². The lowest BCUT2D eigenvalue weighted by Crippen LogP contribution is -2.09. The molecule has 1 aliphatic carbocycles. The molecule has 0 bridgehead atoms. The molecule has 0 amide bonds. The van der Waals surface area contributed by atoms with Crippen LogP contribution in [-0.2, 0) is 0 Å². The summed E-state index contributed by atoms with van der Waals surface area (Å²) < 4.78 is 0. The summed E-state index contributed by atoms with van der Waals surface area (Å²) in [5, 5.41) is 21.1. The van der Waals surface area contributed by atoms with E-state index in [1.165, 1.54) is 31.4 Å². The molecular weight excluding hydrogens is 352 g/mol. The van der Waals surface area contributed by atoms with Gasteiger partial charge in [-0.05, 0) is 18.9 Å². The maximum absolute atomic E-state index is 11.2. The van der Waals surface area contributed by atoms with Gasteiger partial charge in [0, 0.05) is 27.8 Å². The van der Waals surface area contributed by atoms with E-state index in [0.717, 1.165) is 17.7 Å². The molecule has 1 aromatic heterocycles. The van der Waals surface area contributed by atoms with E-state index in [2.05, 4.69) is 9.97 Å². The number of aromatic nitrogens is 2. The molecule has 0 aliphatic heterocycles. The second-order valence-electron chi connectivity index (χ2n) is 6.12. The van der Waals surface area contributed by atoms with Crippen LogP contribution in [-0.4, -0.2) is 20.1 Å². The number of hydrogen-bond donors (Lipinski definition) is 2. The van der Waals surface area contributed by atoms with E-state index in [9.17, 15) is 15.4 Å². The van der Waals surface area contributed by atoms with Crippen molar-refractivity contribution in [2.45, 2.75) is 42.2 Å². The van der Waals surface area contributed by atoms with Crippen LogP contribution < -0.4 is 11.5 Å². The minimum atomic E-state index is -0.474. The minimum absolute atomic E-state index is 0.0323. The fraction of sp³-hybridized carbons (Fsp3) is 0.353. The van der Waals surface area contributed by atoms with Crippen molar-refractivity contribution >= 4 is 29.2 Å². The zero-order valence-electron chi connectivity index (χ0n) is 14.0. The monoisotopic (exact) mass is 370 g/mol. The van der Waals surface area contributed by atoms with Gasteiger partial charge in [-0.2, -0.15) is 10.2 Å². The third-order valence-corrected chi connectivity index (χ3v) is 5.76. The predicted octanol–water partition coefficient (Wildman–Crippen LogP) is 3.51. The Kier molecular flexibility index (Phi) is 5.23. The van der Waals surface area contributed by atoms with Crippen molar-refractivity contribution in [3.8, 4) is 17.3 Å². The Morgan fingerprint density at radius 1 is 1.23 bits per heavy atom. The summed E-state index contributed by atoms with van der Waals surface area (Å²) in [7, 11) is 0. The Bertz CT molecular complexity index is 890. The van der Waals surface area contributed by atoms with Crippen molar-refractivity contribution in [2.75, 3.05) is 11.5 Å². The van der Waals surface area contributed by atoms with Gasteiger partial charge in [-0.25, -0.2) is 4.98 Å². The first-order chi connectivity index (χ1) is 12.5. The Labute approximate surface area is 154 Å². The molecule has 4 N–H and O–H groups in total. The van der Waals surface area contributed by atoms with Crippen LogP contribution in [0.25, 0.3) is 11.3 Å². The third kappa shape index (κ3) is 3.70. The predicted molar refractivity (Wildman–Crippen MR) is 100 cm³/mol. The fourth-order valence-corrected chi connectivity index (χ4v) is 4.44. The van der Waals surface area contributed by atoms with Crippen LogP contribution in [0.1, 0.15) is 37.7 Å². The van der Waals surface area contributed by atoms with Crippen LogP contribution >= 0.6 is 11.8 Å². The van der Waals surface area contributed by atoms with E-state index in [-0.39, 0.29) is 28.7 Å². The summed E-state index contributed by atoms with van der Waals surface area (Å²) in [4.78, 5) is 19.6. The van der Waals surface area contributed by atoms with Crippen LogP contribution in [0, 0.1) is 21.4 Å². The van der Waals surface area contributed by atoms with Gasteiger partial charge in [0.2, 0.25) is 5.95 Å². The molecule has 0 unspecified atom stereocenters. The van der Waals surface area contributed by atoms with Crippen molar-refractivity contribution in [3.05, 3.63) is 33.9 Å². The van der Waals surface area contributed by atoms with Crippen LogP contribution in [0.3, 0.4) is 0 Å². The molecule has 0 saturated heterocycles. The highest BCUT2D eigenvalue weighted by atomic mass is 32.2. The summed E-state index contributed by atoms with van der Waals surface area (Å²) >= 11 is 1.66. The number of benzene rings is 1. The van der Waals surface area contributed by atoms with Gasteiger partial charge in [0.1, 0.15) is 17.5 Å². The minimum Gasteiger partial charge on any atom is -0.382 e. The molecule has 0 atom stereocenters. The van der Waals surface area contributed by atoms with Gasteiger partial charge in [0.15, 0.2) is 0 Å². The second kappa shape index (κ2) is 7.58. The van der Waals surface area contributed by atoms with Gasteiger partial charge in [-0.1, -0.05) is 19.3 Å². The number of anilines is 2. The average molecular weight is 370 g/mol. The first-order valence-corrected chi connectivity index (χ1v) is 9.16. The Hall–Kier alpha value is -2.86. The van der Waals surface area contributed by atoms with Crippen molar-refractivity contribution in [2.24, 2.45) is 0 Å². The van der Waals surface area contributed by atoms with Gasteiger partial charge in [-0.15, -0.1) is 11.8 Å². The molecule has 3 rings (SSSR count). The van der Waals surface area contributed by atoms with E-state index >= 15 is 0 Å². The highest BCUT2D eigenvalue weighted by Gasteiger charge is 2.22. The van der Waals surface area contributed by atoms with Crippen LogP contribution in [0.2, 0.25) is 0 Å². The Morgan fingerprint density at radius 3 is 2.62 bits per heavy atom. The molecule has 26 heavy (non-hydrogen) atoms. The maximum Gasteiger partial charge on any atom is 0.270 e. The fourth-order valence-electron chi connectivity index (χ4n) is 3.08. The number of rotatable bonds is 4. The summed E-state index contributed by atoms with van der Waals surface area (Å²) in [6.07, 6.45) is 5.79. The maximum atomic E-state index is 11.2. The lowest BCUT2D eigenvalue weighted by molar-refractivity contribution is -0.384. The Balaban J connectivity index is 2.13. The summed E-state index contributed by atoms with van der Waals surface area (Å²) in [6.45, 7) is 0. The number of nitro groups is 1. The second-order valence-corrected chi connectivity index (χ2v) is 7.46. The molecule has 1 saturated carbocycles.